The fraction of sp³-hybridized carbons (Fsp3) is 0.333. The highest BCUT2D eigenvalue weighted by Crippen LogP contribution is 2.36. The lowest BCUT2D eigenvalue weighted by molar-refractivity contribution is 0.669. The molecule has 0 fully saturated rings. The van der Waals surface area contributed by atoms with E-state index < -0.39 is 44.6 Å². The number of fused-ring (bicyclic) bond motifs is 6. The molecule has 7 rings (SSSR count). The fourth-order valence-corrected chi connectivity index (χ4v) is 71.3. The summed E-state index contributed by atoms with van der Waals surface area (Å²) in [6.07, 6.45) is 0. The van der Waals surface area contributed by atoms with Crippen LogP contribution >= 0.6 is 0 Å². The van der Waals surface area contributed by atoms with E-state index in [9.17, 15) is 0 Å². The first-order valence-electron chi connectivity index (χ1n) is 16.3. The highest BCUT2D eigenvalue weighted by atomic mass is 29.6. The van der Waals surface area contributed by atoms with Crippen LogP contribution in [0.3, 0.4) is 0 Å². The zero-order valence-corrected chi connectivity index (χ0v) is 34.7. The van der Waals surface area contributed by atoms with Crippen LogP contribution in [0.4, 0.5) is 0 Å². The molecule has 0 N–H and O–H groups in total. The molecule has 2 aromatic heterocycles. The molecule has 44 heavy (non-hydrogen) atoms. The van der Waals surface area contributed by atoms with Gasteiger partial charge in [-0.1, -0.05) is 148 Å². The smallest absolute Gasteiger partial charge is 0.135 e. The molecule has 0 saturated carbocycles. The van der Waals surface area contributed by atoms with Gasteiger partial charge in [0.1, 0.15) is 22.3 Å². The minimum atomic E-state index is -1.84. The molecule has 0 saturated heterocycles. The van der Waals surface area contributed by atoms with Crippen LogP contribution in [0.25, 0.3) is 43.9 Å². The molecule has 0 spiro atoms. The molecular weight excluding hydrogens is 633 g/mol. The van der Waals surface area contributed by atoms with Gasteiger partial charge in [0.05, 0.1) is 30.4 Å². The molecule has 3 heterocycles. The van der Waals surface area contributed by atoms with Crippen molar-refractivity contribution in [2.24, 2.45) is 0 Å². The Morgan fingerprint density at radius 3 is 0.727 bits per heavy atom. The molecule has 0 radical (unpaired) electrons. The lowest BCUT2D eigenvalue weighted by Gasteiger charge is -2.49. The molecule has 8 bridgehead atoms. The second kappa shape index (κ2) is 9.19. The van der Waals surface area contributed by atoms with Crippen LogP contribution in [-0.2, 0) is 0 Å². The molecule has 1 aliphatic heterocycles. The van der Waals surface area contributed by atoms with Gasteiger partial charge in [-0.2, -0.15) is 0 Å². The van der Waals surface area contributed by atoms with Gasteiger partial charge in [0.15, 0.2) is 0 Å². The minimum absolute atomic E-state index is 1.07. The zero-order valence-electron chi connectivity index (χ0n) is 28.7. The zero-order chi connectivity index (χ0) is 31.8. The van der Waals surface area contributed by atoms with Crippen LogP contribution < -0.4 is 20.7 Å². The molecule has 4 aromatic carbocycles. The van der Waals surface area contributed by atoms with Crippen molar-refractivity contribution in [3.63, 3.8) is 0 Å². The lowest BCUT2D eigenvalue weighted by Crippen LogP contribution is -2.78. The summed E-state index contributed by atoms with van der Waals surface area (Å²) in [5, 5.41) is 11.2. The maximum atomic E-state index is 6.80. The van der Waals surface area contributed by atoms with Crippen LogP contribution in [0.1, 0.15) is 0 Å². The molecule has 0 unspecified atom stereocenters. The summed E-state index contributed by atoms with van der Waals surface area (Å²) in [6, 6.07) is 29.1. The molecule has 0 aliphatic carbocycles. The largest absolute Gasteiger partial charge is 0.456 e. The monoisotopic (exact) mass is 680 g/mol. The van der Waals surface area contributed by atoms with Crippen molar-refractivity contribution in [2.75, 3.05) is 0 Å². The summed E-state index contributed by atoms with van der Waals surface area (Å²) in [7, 11) is -10.9. The van der Waals surface area contributed by atoms with Crippen LogP contribution in [0.15, 0.2) is 81.6 Å². The SMILES string of the molecule is C[Si]1(C)c2ccc3c(c2)oc2cc(ccc23)[Si](C)(C)[Si](C)(C)[Si](C)(C)c2ccc3c(c2)oc2cc(ccc23)[Si](C)(C)[Si]1(C)C. The summed E-state index contributed by atoms with van der Waals surface area (Å²) >= 11 is 0. The van der Waals surface area contributed by atoms with E-state index in [4.69, 9.17) is 8.83 Å². The third-order valence-electron chi connectivity index (χ3n) is 14.1. The summed E-state index contributed by atoms with van der Waals surface area (Å²) in [5.74, 6) is 0. The molecule has 2 nitrogen and oxygen atoms in total. The van der Waals surface area contributed by atoms with Crippen LogP contribution in [0.5, 0.6) is 0 Å². The van der Waals surface area contributed by atoms with Gasteiger partial charge in [0.2, 0.25) is 0 Å². The van der Waals surface area contributed by atoms with E-state index in [1.54, 1.807) is 20.7 Å². The molecule has 0 amide bonds. The van der Waals surface area contributed by atoms with E-state index in [1.807, 2.05) is 0 Å². The van der Waals surface area contributed by atoms with Crippen molar-refractivity contribution in [3.8, 4) is 0 Å². The quantitative estimate of drug-likeness (QED) is 0.150. The van der Waals surface area contributed by atoms with Crippen LogP contribution in [0, 0.1) is 0 Å². The standard InChI is InChI=1S/C36H48O2Si6/c1-39(2)25-13-17-29-30-19-15-27(23-35(30)37-33(29)21-25)41(5,6)44(11,12)42(7,8)28-16-20-32-31-18-14-26(40(3,4)43(39,9)10)22-34(31)38-36(32)24-28/h13-24H,1-12H3. The second-order valence-electron chi connectivity index (χ2n) is 16.8. The van der Waals surface area contributed by atoms with E-state index >= 15 is 0 Å². The molecule has 8 heteroatoms. The maximum Gasteiger partial charge on any atom is 0.135 e. The normalized spacial score (nSPS) is 21.4. The van der Waals surface area contributed by atoms with Gasteiger partial charge in [-0.15, -0.1) is 0 Å². The van der Waals surface area contributed by atoms with Crippen molar-refractivity contribution in [1.82, 2.24) is 0 Å². The Bertz CT molecular complexity index is 1850. The highest BCUT2D eigenvalue weighted by Gasteiger charge is 2.55. The summed E-state index contributed by atoms with van der Waals surface area (Å²) in [6.45, 7) is 31.8. The highest BCUT2D eigenvalue weighted by molar-refractivity contribution is 7.73. The predicted molar refractivity (Wildman–Crippen MR) is 211 cm³/mol. The average Bonchev–Trinajstić information content (AvgIpc) is 3.52. The van der Waals surface area contributed by atoms with Crippen LogP contribution in [0.2, 0.25) is 78.6 Å². The van der Waals surface area contributed by atoms with Gasteiger partial charge in [0, 0.05) is 35.8 Å². The van der Waals surface area contributed by atoms with Crippen LogP contribution in [-0.4, -0.2) is 44.6 Å². The maximum absolute atomic E-state index is 6.80. The van der Waals surface area contributed by atoms with Gasteiger partial charge in [-0.25, -0.2) is 0 Å². The Morgan fingerprint density at radius 1 is 0.318 bits per heavy atom. The van der Waals surface area contributed by atoms with Crippen molar-refractivity contribution >= 4 is 109 Å². The molecule has 1 aliphatic rings. The Hall–Kier alpha value is -2.22. The molecule has 6 aromatic rings. The van der Waals surface area contributed by atoms with E-state index in [0.29, 0.717) is 0 Å². The number of furan rings is 2. The van der Waals surface area contributed by atoms with Gasteiger partial charge in [-0.05, 0) is 24.3 Å². The minimum Gasteiger partial charge on any atom is -0.456 e. The Morgan fingerprint density at radius 2 is 0.523 bits per heavy atom. The molecule has 0 atom stereocenters. The summed E-state index contributed by atoms with van der Waals surface area (Å²) in [4.78, 5) is 0. The van der Waals surface area contributed by atoms with Gasteiger partial charge in [0.25, 0.3) is 0 Å². The number of hydrogen-bond acceptors (Lipinski definition) is 2. The van der Waals surface area contributed by atoms with Gasteiger partial charge >= 0.3 is 0 Å². The first kappa shape index (κ1) is 30.4. The topological polar surface area (TPSA) is 26.3 Å². The van der Waals surface area contributed by atoms with E-state index in [1.165, 1.54) is 21.5 Å². The lowest BCUT2D eigenvalue weighted by atomic mass is 10.1. The van der Waals surface area contributed by atoms with E-state index in [-0.39, 0.29) is 0 Å². The number of rotatable bonds is 0. The first-order chi connectivity index (χ1) is 20.3. The van der Waals surface area contributed by atoms with Crippen molar-refractivity contribution in [2.45, 2.75) is 78.6 Å². The Kier molecular flexibility index (Phi) is 6.36. The predicted octanol–water partition coefficient (Wildman–Crippen LogP) is 8.59. The second-order valence-corrected chi connectivity index (χ2v) is 71.6. The Labute approximate surface area is 268 Å². The Balaban J connectivity index is 1.56. The fourth-order valence-electron chi connectivity index (χ4n) is 8.11. The average molecular weight is 681 g/mol. The van der Waals surface area contributed by atoms with E-state index in [0.717, 1.165) is 22.3 Å². The summed E-state index contributed by atoms with van der Waals surface area (Å²) in [5.41, 5.74) is 4.27. The van der Waals surface area contributed by atoms with E-state index in [2.05, 4.69) is 151 Å². The third kappa shape index (κ3) is 3.78. The molecular formula is C36H48O2Si6. The number of benzene rings is 4. The van der Waals surface area contributed by atoms with Gasteiger partial charge in [-0.3, -0.25) is 0 Å². The van der Waals surface area contributed by atoms with Crippen molar-refractivity contribution in [1.29, 1.82) is 0 Å². The third-order valence-corrected chi connectivity index (χ3v) is 97.1. The number of hydrogen-bond donors (Lipinski definition) is 0. The molecule has 228 valence electrons. The summed E-state index contributed by atoms with van der Waals surface area (Å²) < 4.78 is 13.6. The van der Waals surface area contributed by atoms with Crippen molar-refractivity contribution < 1.29 is 8.83 Å². The first-order valence-corrected chi connectivity index (χ1v) is 38.3. The van der Waals surface area contributed by atoms with Gasteiger partial charge < -0.3 is 8.83 Å². The van der Waals surface area contributed by atoms with Crippen molar-refractivity contribution in [3.05, 3.63) is 72.8 Å².